The molecule has 0 aromatic heterocycles. The van der Waals surface area contributed by atoms with Gasteiger partial charge < -0.3 is 0 Å². The van der Waals surface area contributed by atoms with Gasteiger partial charge in [0.25, 0.3) is 0 Å². The highest BCUT2D eigenvalue weighted by atomic mass is 79.9. The monoisotopic (exact) mass is 331 g/mol. The van der Waals surface area contributed by atoms with Crippen molar-refractivity contribution in [3.05, 3.63) is 29.8 Å². The van der Waals surface area contributed by atoms with Gasteiger partial charge in [0.15, 0.2) is 0 Å². The van der Waals surface area contributed by atoms with Crippen LogP contribution in [0, 0.1) is 6.92 Å². The molecular formula is C13H18BrNO2S. The molecule has 1 aliphatic rings. The zero-order chi connectivity index (χ0) is 13.3. The van der Waals surface area contributed by atoms with Crippen molar-refractivity contribution >= 4 is 26.0 Å². The molecule has 1 unspecified atom stereocenters. The lowest BCUT2D eigenvalue weighted by Crippen LogP contribution is -2.19. The normalized spacial score (nSPS) is 24.8. The second-order valence-electron chi connectivity index (χ2n) is 4.76. The maximum absolute atomic E-state index is 12.3. The Morgan fingerprint density at radius 1 is 1.39 bits per heavy atom. The van der Waals surface area contributed by atoms with Crippen molar-refractivity contribution in [1.82, 2.24) is 4.31 Å². The second kappa shape index (κ2) is 5.31. The largest absolute Gasteiger partial charge is 0.243 e. The number of hydrogen-bond acceptors (Lipinski definition) is 2. The van der Waals surface area contributed by atoms with Crippen LogP contribution in [0.15, 0.2) is 29.2 Å². The predicted molar refractivity (Wildman–Crippen MR) is 76.5 cm³/mol. The number of sulfonamides is 1. The lowest BCUT2D eigenvalue weighted by Gasteiger charge is -2.10. The molecule has 100 valence electrons. The summed E-state index contributed by atoms with van der Waals surface area (Å²) in [5.41, 5.74) is 1.07. The van der Waals surface area contributed by atoms with Gasteiger partial charge in [-0.2, -0.15) is 4.31 Å². The Labute approximate surface area is 117 Å². The Balaban J connectivity index is 2.12. The number of alkyl halides is 1. The summed E-state index contributed by atoms with van der Waals surface area (Å²) in [5, 5.41) is 0. The van der Waals surface area contributed by atoms with Crippen molar-refractivity contribution in [2.75, 3.05) is 6.54 Å². The topological polar surface area (TPSA) is 37.1 Å². The van der Waals surface area contributed by atoms with Gasteiger partial charge in [-0.1, -0.05) is 47.0 Å². The molecule has 1 aromatic carbocycles. The fourth-order valence-electron chi connectivity index (χ4n) is 2.02. The smallest absolute Gasteiger partial charge is 0.207 e. The van der Waals surface area contributed by atoms with Gasteiger partial charge in [-0.05, 0) is 25.5 Å². The minimum atomic E-state index is -3.29. The Morgan fingerprint density at radius 2 is 2.00 bits per heavy atom. The van der Waals surface area contributed by atoms with Crippen LogP contribution in [0.1, 0.15) is 25.3 Å². The van der Waals surface area contributed by atoms with Crippen molar-refractivity contribution in [2.45, 2.75) is 42.5 Å². The van der Waals surface area contributed by atoms with Crippen molar-refractivity contribution in [2.24, 2.45) is 0 Å². The van der Waals surface area contributed by atoms with E-state index in [0.717, 1.165) is 18.4 Å². The van der Waals surface area contributed by atoms with Gasteiger partial charge >= 0.3 is 0 Å². The summed E-state index contributed by atoms with van der Waals surface area (Å²) in [7, 11) is -3.29. The first-order valence-corrected chi connectivity index (χ1v) is 8.55. The summed E-state index contributed by atoms with van der Waals surface area (Å²) in [4.78, 5) is 0.662. The van der Waals surface area contributed by atoms with Crippen molar-refractivity contribution in [3.8, 4) is 0 Å². The minimum absolute atomic E-state index is 0.122. The Morgan fingerprint density at radius 3 is 2.56 bits per heavy atom. The first-order valence-electron chi connectivity index (χ1n) is 6.19. The van der Waals surface area contributed by atoms with Gasteiger partial charge in [-0.3, -0.25) is 0 Å². The molecule has 1 fully saturated rings. The molecule has 0 N–H and O–H groups in total. The SMILES string of the molecule is CCC[C@@H](Br)[C@H]1CN1S(=O)(=O)c1ccc(C)cc1. The number of aryl methyl sites for hydroxylation is 1. The van der Waals surface area contributed by atoms with Gasteiger partial charge in [-0.25, -0.2) is 8.42 Å². The molecule has 0 saturated carbocycles. The van der Waals surface area contributed by atoms with Crippen LogP contribution in [-0.2, 0) is 10.0 Å². The average molecular weight is 332 g/mol. The second-order valence-corrected chi connectivity index (χ2v) is 7.83. The van der Waals surface area contributed by atoms with Gasteiger partial charge in [0.1, 0.15) is 0 Å². The molecule has 1 saturated heterocycles. The summed E-state index contributed by atoms with van der Waals surface area (Å²) in [6, 6.07) is 7.16. The highest BCUT2D eigenvalue weighted by Crippen LogP contribution is 2.34. The quantitative estimate of drug-likeness (QED) is 0.614. The highest BCUT2D eigenvalue weighted by molar-refractivity contribution is 9.09. The van der Waals surface area contributed by atoms with Crippen LogP contribution in [0.25, 0.3) is 0 Å². The first-order chi connectivity index (χ1) is 8.46. The Bertz CT molecular complexity index is 512. The number of benzene rings is 1. The molecule has 3 nitrogen and oxygen atoms in total. The van der Waals surface area contributed by atoms with Crippen LogP contribution >= 0.6 is 15.9 Å². The van der Waals surface area contributed by atoms with E-state index in [1.807, 2.05) is 19.1 Å². The maximum Gasteiger partial charge on any atom is 0.243 e. The van der Waals surface area contributed by atoms with Gasteiger partial charge in [0.05, 0.1) is 10.9 Å². The molecule has 0 bridgehead atoms. The summed E-state index contributed by atoms with van der Waals surface area (Å²) in [5.74, 6) is 0. The third kappa shape index (κ3) is 2.78. The van der Waals surface area contributed by atoms with E-state index in [2.05, 4.69) is 22.9 Å². The van der Waals surface area contributed by atoms with Crippen LogP contribution in [0.3, 0.4) is 0 Å². The van der Waals surface area contributed by atoms with E-state index in [1.165, 1.54) is 0 Å². The number of hydrogen-bond donors (Lipinski definition) is 0. The molecule has 18 heavy (non-hydrogen) atoms. The van der Waals surface area contributed by atoms with E-state index in [1.54, 1.807) is 16.4 Å². The summed E-state index contributed by atoms with van der Waals surface area (Å²) in [6.07, 6.45) is 2.06. The third-order valence-corrected chi connectivity index (χ3v) is 6.19. The third-order valence-electron chi connectivity index (χ3n) is 3.21. The molecule has 0 aliphatic carbocycles. The summed E-state index contributed by atoms with van der Waals surface area (Å²) >= 11 is 3.58. The fraction of sp³-hybridized carbons (Fsp3) is 0.538. The van der Waals surface area contributed by atoms with Crippen LogP contribution in [0.5, 0.6) is 0 Å². The molecule has 1 heterocycles. The zero-order valence-electron chi connectivity index (χ0n) is 10.6. The highest BCUT2D eigenvalue weighted by Gasteiger charge is 2.47. The Hall–Kier alpha value is -0.390. The molecule has 1 aliphatic heterocycles. The standard InChI is InChI=1S/C13H18BrNO2S/c1-3-4-12(14)13-9-15(13)18(16,17)11-7-5-10(2)6-8-11/h5-8,12-13H,3-4,9H2,1-2H3/t12-,13-,15?/m1/s1. The number of nitrogens with zero attached hydrogens (tertiary/aromatic N) is 1. The summed E-state index contributed by atoms with van der Waals surface area (Å²) < 4.78 is 26.2. The molecule has 5 heteroatoms. The molecule has 0 spiro atoms. The van der Waals surface area contributed by atoms with Crippen LogP contribution in [0.4, 0.5) is 0 Å². The van der Waals surface area contributed by atoms with E-state index in [0.29, 0.717) is 11.4 Å². The molecule has 2 rings (SSSR count). The fourth-order valence-corrected chi connectivity index (χ4v) is 4.69. The Kier molecular flexibility index (Phi) is 4.14. The lowest BCUT2D eigenvalue weighted by molar-refractivity contribution is 0.546. The molecule has 0 amide bonds. The van der Waals surface area contributed by atoms with Crippen molar-refractivity contribution in [3.63, 3.8) is 0 Å². The van der Waals surface area contributed by atoms with Crippen LogP contribution in [0.2, 0.25) is 0 Å². The van der Waals surface area contributed by atoms with Crippen LogP contribution < -0.4 is 0 Å². The van der Waals surface area contributed by atoms with Crippen molar-refractivity contribution < 1.29 is 8.42 Å². The molecular weight excluding hydrogens is 314 g/mol. The van der Waals surface area contributed by atoms with E-state index < -0.39 is 10.0 Å². The predicted octanol–water partition coefficient (Wildman–Crippen LogP) is 2.93. The van der Waals surface area contributed by atoms with Crippen LogP contribution in [-0.4, -0.2) is 30.1 Å². The van der Waals surface area contributed by atoms with Crippen molar-refractivity contribution in [1.29, 1.82) is 0 Å². The molecule has 3 atom stereocenters. The first kappa shape index (κ1) is 14.0. The van der Waals surface area contributed by atoms with Gasteiger partial charge in [0.2, 0.25) is 10.0 Å². The van der Waals surface area contributed by atoms with E-state index in [4.69, 9.17) is 0 Å². The molecule has 0 radical (unpaired) electrons. The number of rotatable bonds is 5. The summed E-state index contributed by atoms with van der Waals surface area (Å²) in [6.45, 7) is 4.69. The lowest BCUT2D eigenvalue weighted by atomic mass is 10.2. The number of halogens is 1. The van der Waals surface area contributed by atoms with Gasteiger partial charge in [0, 0.05) is 11.4 Å². The van der Waals surface area contributed by atoms with Gasteiger partial charge in [-0.15, -0.1) is 0 Å². The zero-order valence-corrected chi connectivity index (χ0v) is 13.0. The van der Waals surface area contributed by atoms with E-state index in [9.17, 15) is 8.42 Å². The van der Waals surface area contributed by atoms with E-state index >= 15 is 0 Å². The maximum atomic E-state index is 12.3. The van der Waals surface area contributed by atoms with E-state index in [-0.39, 0.29) is 10.9 Å². The molecule has 1 aromatic rings. The minimum Gasteiger partial charge on any atom is -0.207 e. The average Bonchev–Trinajstić information content (AvgIpc) is 3.10.